The Labute approximate surface area is 106 Å². The number of benzene rings is 2. The standard InChI is InChI=1S/C15H15NO2/c1-11(12-6-5-9-14(17)10-12)15(18)16-13-7-3-2-4-8-13/h2-11,17H,1H3,(H,16,18). The van der Waals surface area contributed by atoms with Gasteiger partial charge in [0, 0.05) is 5.69 Å². The first kappa shape index (κ1) is 12.2. The molecule has 3 heteroatoms. The lowest BCUT2D eigenvalue weighted by Gasteiger charge is -2.12. The van der Waals surface area contributed by atoms with Crippen LogP contribution in [0.4, 0.5) is 5.69 Å². The Bertz CT molecular complexity index is 537. The number of phenols is 1. The predicted octanol–water partition coefficient (Wildman–Crippen LogP) is 3.13. The average Bonchev–Trinajstić information content (AvgIpc) is 2.39. The van der Waals surface area contributed by atoms with Crippen LogP contribution in [-0.4, -0.2) is 11.0 Å². The Morgan fingerprint density at radius 2 is 1.83 bits per heavy atom. The summed E-state index contributed by atoms with van der Waals surface area (Å²) in [5.74, 6) is -0.226. The van der Waals surface area contributed by atoms with Gasteiger partial charge in [-0.25, -0.2) is 0 Å². The lowest BCUT2D eigenvalue weighted by atomic mass is 10.00. The number of carbonyl (C=O) groups is 1. The highest BCUT2D eigenvalue weighted by Crippen LogP contribution is 2.21. The van der Waals surface area contributed by atoms with E-state index < -0.39 is 0 Å². The molecule has 0 fully saturated rings. The van der Waals surface area contributed by atoms with Gasteiger partial charge < -0.3 is 10.4 Å². The van der Waals surface area contributed by atoms with Crippen molar-refractivity contribution in [2.75, 3.05) is 5.32 Å². The van der Waals surface area contributed by atoms with E-state index in [0.29, 0.717) is 0 Å². The molecule has 0 aliphatic rings. The molecule has 0 aromatic heterocycles. The van der Waals surface area contributed by atoms with Gasteiger partial charge in [-0.15, -0.1) is 0 Å². The minimum absolute atomic E-state index is 0.0909. The van der Waals surface area contributed by atoms with Crippen LogP contribution in [0.2, 0.25) is 0 Å². The largest absolute Gasteiger partial charge is 0.508 e. The fraction of sp³-hybridized carbons (Fsp3) is 0.133. The van der Waals surface area contributed by atoms with Gasteiger partial charge in [0.2, 0.25) is 5.91 Å². The van der Waals surface area contributed by atoms with Crippen molar-refractivity contribution in [1.82, 2.24) is 0 Å². The Kier molecular flexibility index (Phi) is 3.63. The molecule has 2 N–H and O–H groups in total. The first-order valence-electron chi connectivity index (χ1n) is 5.81. The number of phenolic OH excluding ortho intramolecular Hbond substituents is 1. The van der Waals surface area contributed by atoms with E-state index in [1.54, 1.807) is 18.2 Å². The van der Waals surface area contributed by atoms with E-state index in [4.69, 9.17) is 0 Å². The highest BCUT2D eigenvalue weighted by atomic mass is 16.3. The molecule has 0 saturated heterocycles. The highest BCUT2D eigenvalue weighted by Gasteiger charge is 2.15. The molecule has 0 radical (unpaired) electrons. The van der Waals surface area contributed by atoms with Gasteiger partial charge in [0.05, 0.1) is 5.92 Å². The number of para-hydroxylation sites is 1. The number of hydrogen-bond donors (Lipinski definition) is 2. The summed E-state index contributed by atoms with van der Waals surface area (Å²) < 4.78 is 0. The van der Waals surface area contributed by atoms with E-state index in [9.17, 15) is 9.90 Å². The molecule has 1 amide bonds. The van der Waals surface area contributed by atoms with Crippen LogP contribution in [-0.2, 0) is 4.79 Å². The molecular weight excluding hydrogens is 226 g/mol. The van der Waals surface area contributed by atoms with Crippen LogP contribution in [0, 0.1) is 0 Å². The minimum Gasteiger partial charge on any atom is -0.508 e. The molecule has 92 valence electrons. The molecule has 2 aromatic rings. The van der Waals surface area contributed by atoms with Crippen molar-refractivity contribution in [2.24, 2.45) is 0 Å². The van der Waals surface area contributed by atoms with Crippen molar-refractivity contribution in [2.45, 2.75) is 12.8 Å². The molecule has 2 rings (SSSR count). The van der Waals surface area contributed by atoms with Gasteiger partial charge in [0.1, 0.15) is 5.75 Å². The van der Waals surface area contributed by atoms with E-state index in [1.165, 1.54) is 0 Å². The zero-order valence-electron chi connectivity index (χ0n) is 10.1. The fourth-order valence-corrected chi connectivity index (χ4v) is 1.72. The Morgan fingerprint density at radius 3 is 2.50 bits per heavy atom. The maximum Gasteiger partial charge on any atom is 0.231 e. The quantitative estimate of drug-likeness (QED) is 0.867. The third-order valence-electron chi connectivity index (χ3n) is 2.80. The van der Waals surface area contributed by atoms with Crippen molar-refractivity contribution in [3.05, 3.63) is 60.2 Å². The number of anilines is 1. The molecule has 0 heterocycles. The summed E-state index contributed by atoms with van der Waals surface area (Å²) >= 11 is 0. The van der Waals surface area contributed by atoms with Gasteiger partial charge in [0.25, 0.3) is 0 Å². The summed E-state index contributed by atoms with van der Waals surface area (Å²) in [6, 6.07) is 16.1. The SMILES string of the molecule is CC(C(=O)Nc1ccccc1)c1cccc(O)c1. The summed E-state index contributed by atoms with van der Waals surface area (Å²) in [5, 5.41) is 12.2. The second-order valence-corrected chi connectivity index (χ2v) is 4.17. The first-order valence-corrected chi connectivity index (χ1v) is 5.81. The monoisotopic (exact) mass is 241 g/mol. The molecule has 1 atom stereocenters. The molecule has 0 aliphatic carbocycles. The summed E-state index contributed by atoms with van der Waals surface area (Å²) in [7, 11) is 0. The third-order valence-corrected chi connectivity index (χ3v) is 2.80. The van der Waals surface area contributed by atoms with Gasteiger partial charge in [-0.3, -0.25) is 4.79 Å². The first-order chi connectivity index (χ1) is 8.66. The molecule has 1 unspecified atom stereocenters. The average molecular weight is 241 g/mol. The van der Waals surface area contributed by atoms with E-state index >= 15 is 0 Å². The number of amides is 1. The van der Waals surface area contributed by atoms with Gasteiger partial charge in [-0.1, -0.05) is 30.3 Å². The maximum absolute atomic E-state index is 12.0. The molecule has 0 saturated carbocycles. The van der Waals surface area contributed by atoms with E-state index in [2.05, 4.69) is 5.32 Å². The van der Waals surface area contributed by atoms with Crippen LogP contribution >= 0.6 is 0 Å². The van der Waals surface area contributed by atoms with Crippen LogP contribution < -0.4 is 5.32 Å². The number of rotatable bonds is 3. The molecular formula is C15H15NO2. The van der Waals surface area contributed by atoms with Crippen molar-refractivity contribution < 1.29 is 9.90 Å². The van der Waals surface area contributed by atoms with Crippen LogP contribution in [0.25, 0.3) is 0 Å². The second-order valence-electron chi connectivity index (χ2n) is 4.17. The van der Waals surface area contributed by atoms with Gasteiger partial charge >= 0.3 is 0 Å². The molecule has 3 nitrogen and oxygen atoms in total. The van der Waals surface area contributed by atoms with Crippen molar-refractivity contribution >= 4 is 11.6 Å². The topological polar surface area (TPSA) is 49.3 Å². The van der Waals surface area contributed by atoms with Crippen LogP contribution in [0.3, 0.4) is 0 Å². The van der Waals surface area contributed by atoms with Crippen molar-refractivity contribution in [1.29, 1.82) is 0 Å². The van der Waals surface area contributed by atoms with E-state index in [1.807, 2.05) is 43.3 Å². The molecule has 0 spiro atoms. The second kappa shape index (κ2) is 5.36. The number of nitrogens with one attached hydrogen (secondary N) is 1. The Morgan fingerprint density at radius 1 is 1.11 bits per heavy atom. The van der Waals surface area contributed by atoms with Crippen molar-refractivity contribution in [3.8, 4) is 5.75 Å². The summed E-state index contributed by atoms with van der Waals surface area (Å²) in [6.45, 7) is 1.81. The van der Waals surface area contributed by atoms with Crippen LogP contribution in [0.1, 0.15) is 18.4 Å². The lowest BCUT2D eigenvalue weighted by Crippen LogP contribution is -2.18. The molecule has 2 aromatic carbocycles. The van der Waals surface area contributed by atoms with E-state index in [-0.39, 0.29) is 17.6 Å². The van der Waals surface area contributed by atoms with Gasteiger partial charge in [-0.05, 0) is 36.8 Å². The van der Waals surface area contributed by atoms with Gasteiger partial charge in [0.15, 0.2) is 0 Å². The Balaban J connectivity index is 2.10. The fourth-order valence-electron chi connectivity index (χ4n) is 1.72. The summed E-state index contributed by atoms with van der Waals surface area (Å²) in [5.41, 5.74) is 1.57. The minimum atomic E-state index is -0.308. The van der Waals surface area contributed by atoms with Crippen molar-refractivity contribution in [3.63, 3.8) is 0 Å². The smallest absolute Gasteiger partial charge is 0.231 e. The summed E-state index contributed by atoms with van der Waals surface area (Å²) in [4.78, 5) is 12.0. The number of carbonyl (C=O) groups excluding carboxylic acids is 1. The Hall–Kier alpha value is -2.29. The number of hydrogen-bond acceptors (Lipinski definition) is 2. The molecule has 0 bridgehead atoms. The van der Waals surface area contributed by atoms with Gasteiger partial charge in [-0.2, -0.15) is 0 Å². The predicted molar refractivity (Wildman–Crippen MR) is 71.6 cm³/mol. The molecule has 18 heavy (non-hydrogen) atoms. The molecule has 0 aliphatic heterocycles. The van der Waals surface area contributed by atoms with Crippen LogP contribution in [0.15, 0.2) is 54.6 Å². The zero-order valence-corrected chi connectivity index (χ0v) is 10.1. The normalized spacial score (nSPS) is 11.8. The van der Waals surface area contributed by atoms with E-state index in [0.717, 1.165) is 11.3 Å². The van der Waals surface area contributed by atoms with Crippen LogP contribution in [0.5, 0.6) is 5.75 Å². The maximum atomic E-state index is 12.0. The highest BCUT2D eigenvalue weighted by molar-refractivity contribution is 5.95. The zero-order chi connectivity index (χ0) is 13.0. The third kappa shape index (κ3) is 2.88. The summed E-state index contributed by atoms with van der Waals surface area (Å²) in [6.07, 6.45) is 0. The number of aromatic hydroxyl groups is 1. The lowest BCUT2D eigenvalue weighted by molar-refractivity contribution is -0.117.